The zero-order valence-electron chi connectivity index (χ0n) is 12.0. The molecule has 7 heteroatoms. The maximum absolute atomic E-state index is 12.9. The van der Waals surface area contributed by atoms with Crippen molar-refractivity contribution in [3.05, 3.63) is 43.0 Å². The third-order valence-corrected chi connectivity index (χ3v) is 6.68. The lowest BCUT2D eigenvalue weighted by molar-refractivity contribution is 0.224. The third kappa shape index (κ3) is 1.75. The van der Waals surface area contributed by atoms with Crippen LogP contribution in [0.25, 0.3) is 0 Å². The number of rotatable bonds is 3. The van der Waals surface area contributed by atoms with E-state index in [9.17, 15) is 4.79 Å². The Balaban J connectivity index is 1.87. The average Bonchev–Trinajstić information content (AvgIpc) is 3.00. The Morgan fingerprint density at radius 3 is 2.68 bits per heavy atom. The Morgan fingerprint density at radius 2 is 1.95 bits per heavy atom. The Morgan fingerprint density at radius 1 is 1.23 bits per heavy atom. The van der Waals surface area contributed by atoms with Gasteiger partial charge in [-0.2, -0.15) is 0 Å². The average molecular weight is 332 g/mol. The van der Waals surface area contributed by atoms with Gasteiger partial charge in [0.05, 0.1) is 23.1 Å². The van der Waals surface area contributed by atoms with E-state index in [4.69, 9.17) is 12.2 Å². The monoisotopic (exact) mass is 332 g/mol. The Bertz CT molecular complexity index is 703. The number of benzene rings is 1. The van der Waals surface area contributed by atoms with Crippen molar-refractivity contribution < 1.29 is 4.79 Å². The first-order valence-corrected chi connectivity index (χ1v) is 8.77. The highest BCUT2D eigenvalue weighted by Crippen LogP contribution is 2.45. The van der Waals surface area contributed by atoms with E-state index in [2.05, 4.69) is 15.8 Å². The van der Waals surface area contributed by atoms with E-state index in [1.807, 2.05) is 45.6 Å². The lowest BCUT2D eigenvalue weighted by Crippen LogP contribution is -2.52. The minimum Gasteiger partial charge on any atom is -0.296 e. The highest BCUT2D eigenvalue weighted by Gasteiger charge is 2.50. The van der Waals surface area contributed by atoms with Crippen LogP contribution in [-0.4, -0.2) is 50.0 Å². The van der Waals surface area contributed by atoms with Crippen LogP contribution in [-0.2, 0) is 0 Å². The molecule has 1 unspecified atom stereocenters. The van der Waals surface area contributed by atoms with Gasteiger partial charge in [-0.15, -0.1) is 6.58 Å². The maximum Gasteiger partial charge on any atom is 0.341 e. The van der Waals surface area contributed by atoms with Crippen LogP contribution in [0.1, 0.15) is 6.42 Å². The van der Waals surface area contributed by atoms with Crippen LogP contribution in [0.15, 0.2) is 43.0 Å². The zero-order chi connectivity index (χ0) is 15.3. The smallest absolute Gasteiger partial charge is 0.296 e. The molecule has 0 spiro atoms. The number of anilines is 1. The van der Waals surface area contributed by atoms with Crippen molar-refractivity contribution in [1.29, 1.82) is 0 Å². The number of carbonyl (C=O) groups is 1. The first-order chi connectivity index (χ1) is 10.7. The van der Waals surface area contributed by atoms with E-state index in [1.54, 1.807) is 0 Å². The molecule has 0 bridgehead atoms. The Labute approximate surface area is 137 Å². The molecule has 3 heterocycles. The lowest BCUT2D eigenvalue weighted by Gasteiger charge is -2.35. The van der Waals surface area contributed by atoms with Crippen molar-refractivity contribution in [2.45, 2.75) is 6.42 Å². The molecule has 1 saturated heterocycles. The van der Waals surface area contributed by atoms with Gasteiger partial charge in [0.1, 0.15) is 0 Å². The molecular formula is C15H16N4OS2. The molecule has 1 aromatic rings. The molecule has 0 radical (unpaired) electrons. The fraction of sp³-hybridized carbons (Fsp3) is 0.267. The molecule has 1 aromatic carbocycles. The highest BCUT2D eigenvalue weighted by atomic mass is 32.2. The highest BCUT2D eigenvalue weighted by molar-refractivity contribution is 8.17. The minimum atomic E-state index is -0.490. The van der Waals surface area contributed by atoms with Gasteiger partial charge in [-0.1, -0.05) is 24.3 Å². The maximum atomic E-state index is 12.9. The van der Waals surface area contributed by atoms with Gasteiger partial charge in [-0.3, -0.25) is 14.1 Å². The van der Waals surface area contributed by atoms with Crippen LogP contribution >= 0.6 is 23.1 Å². The molecule has 0 saturated carbocycles. The second-order valence-electron chi connectivity index (χ2n) is 5.25. The number of urea groups is 1. The van der Waals surface area contributed by atoms with E-state index < -0.39 is 10.9 Å². The molecule has 1 fully saturated rings. The second kappa shape index (κ2) is 5.10. The number of amides is 2. The van der Waals surface area contributed by atoms with Crippen molar-refractivity contribution >= 4 is 45.0 Å². The zero-order valence-corrected chi connectivity index (χ0v) is 13.6. The number of para-hydroxylation sites is 1. The predicted molar refractivity (Wildman–Crippen MR) is 94.4 cm³/mol. The van der Waals surface area contributed by atoms with Gasteiger partial charge in [0.25, 0.3) is 0 Å². The fourth-order valence-corrected chi connectivity index (χ4v) is 5.87. The van der Waals surface area contributed by atoms with E-state index >= 15 is 0 Å². The molecule has 22 heavy (non-hydrogen) atoms. The predicted octanol–water partition coefficient (Wildman–Crippen LogP) is 2.61. The molecular weight excluding hydrogens is 316 g/mol. The summed E-state index contributed by atoms with van der Waals surface area (Å²) in [6.45, 7) is 6.13. The van der Waals surface area contributed by atoms with Crippen LogP contribution < -0.4 is 4.31 Å². The van der Waals surface area contributed by atoms with Crippen LogP contribution in [0.5, 0.6) is 0 Å². The van der Waals surface area contributed by atoms with Crippen molar-refractivity contribution in [1.82, 2.24) is 14.1 Å². The summed E-state index contributed by atoms with van der Waals surface area (Å²) in [7, 11) is -0.490. The molecule has 1 atom stereocenters. The standard InChI is InChI=1S/C15H16N4OS2/c1-2-9-18-14(21)17-11-6-10-16-13(20)19(22(18)15(16)17)12-7-4-3-5-8-12/h2-5,7-8H,1,6,9-11H2. The van der Waals surface area contributed by atoms with E-state index in [0.29, 0.717) is 6.54 Å². The van der Waals surface area contributed by atoms with Crippen molar-refractivity contribution in [3.8, 4) is 0 Å². The Hall–Kier alpha value is -1.86. The van der Waals surface area contributed by atoms with Gasteiger partial charge in [0, 0.05) is 13.1 Å². The summed E-state index contributed by atoms with van der Waals surface area (Å²) >= 11 is 5.63. The van der Waals surface area contributed by atoms with Crippen molar-refractivity contribution in [2.24, 2.45) is 0 Å². The molecule has 0 N–H and O–H groups in total. The molecule has 0 aromatic heterocycles. The number of carbonyl (C=O) groups excluding carboxylic acids is 1. The molecule has 3 aliphatic rings. The van der Waals surface area contributed by atoms with Crippen LogP contribution in [0.3, 0.4) is 0 Å². The molecule has 4 rings (SSSR count). The Kier molecular flexibility index (Phi) is 3.19. The number of hydrogen-bond donors (Lipinski definition) is 0. The minimum absolute atomic E-state index is 0.0470. The molecule has 2 amide bonds. The largest absolute Gasteiger partial charge is 0.341 e. The third-order valence-electron chi connectivity index (χ3n) is 3.90. The van der Waals surface area contributed by atoms with Gasteiger partial charge >= 0.3 is 6.03 Å². The topological polar surface area (TPSA) is 30.0 Å². The summed E-state index contributed by atoms with van der Waals surface area (Å²) in [5, 5.41) is 1.84. The summed E-state index contributed by atoms with van der Waals surface area (Å²) < 4.78 is 3.98. The summed E-state index contributed by atoms with van der Waals surface area (Å²) in [5.41, 5.74) is 0.913. The summed E-state index contributed by atoms with van der Waals surface area (Å²) in [6, 6.07) is 9.87. The summed E-state index contributed by atoms with van der Waals surface area (Å²) in [5.74, 6) is 0. The fourth-order valence-electron chi connectivity index (χ4n) is 2.99. The molecule has 114 valence electrons. The second-order valence-corrected chi connectivity index (χ2v) is 7.31. The van der Waals surface area contributed by atoms with Crippen LogP contribution in [0, 0.1) is 0 Å². The van der Waals surface area contributed by atoms with Crippen molar-refractivity contribution in [3.63, 3.8) is 0 Å². The number of nitrogens with zero attached hydrogens (tertiary/aromatic N) is 4. The van der Waals surface area contributed by atoms with Crippen molar-refractivity contribution in [2.75, 3.05) is 23.9 Å². The van der Waals surface area contributed by atoms with E-state index in [1.165, 1.54) is 0 Å². The SMILES string of the molecule is C=CCN1C(=S)N2CCCN3C(=O)N(c4ccccc4)S1=C32. The number of hydrogen-bond acceptors (Lipinski definition) is 2. The normalized spacial score (nSPS) is 23.5. The van der Waals surface area contributed by atoms with Gasteiger partial charge < -0.3 is 0 Å². The lowest BCUT2D eigenvalue weighted by atomic mass is 10.3. The first-order valence-electron chi connectivity index (χ1n) is 7.22. The summed E-state index contributed by atoms with van der Waals surface area (Å²) in [6.07, 6.45) is 2.78. The quantitative estimate of drug-likeness (QED) is 0.629. The van der Waals surface area contributed by atoms with Gasteiger partial charge in [-0.25, -0.2) is 9.10 Å². The first kappa shape index (κ1) is 13.8. The van der Waals surface area contributed by atoms with Crippen LogP contribution in [0.2, 0.25) is 0 Å². The number of thiocarbonyl (C=S) groups is 1. The molecule has 3 aliphatic heterocycles. The van der Waals surface area contributed by atoms with Gasteiger partial charge in [0.2, 0.25) is 0 Å². The molecule has 5 nitrogen and oxygen atoms in total. The van der Waals surface area contributed by atoms with E-state index in [-0.39, 0.29) is 6.03 Å². The van der Waals surface area contributed by atoms with E-state index in [0.717, 1.165) is 35.4 Å². The van der Waals surface area contributed by atoms with Gasteiger partial charge in [0.15, 0.2) is 10.2 Å². The summed E-state index contributed by atoms with van der Waals surface area (Å²) in [4.78, 5) is 16.9. The van der Waals surface area contributed by atoms with Crippen LogP contribution in [0.4, 0.5) is 10.5 Å². The molecule has 0 aliphatic carbocycles. The van der Waals surface area contributed by atoms with Gasteiger partial charge in [-0.05, 0) is 30.8 Å².